The maximum atomic E-state index is 12.4. The maximum Gasteiger partial charge on any atom is 0.242 e. The smallest absolute Gasteiger partial charge is 0.242 e. The Hall–Kier alpha value is -5.08. The van der Waals surface area contributed by atoms with Crippen molar-refractivity contribution in [1.82, 2.24) is 0 Å². The number of nitrogens with one attached hydrogen (secondary N) is 2. The molecular weight excluding hydrogens is 1070 g/mol. The van der Waals surface area contributed by atoms with Crippen molar-refractivity contribution in [3.8, 4) is 0 Å². The van der Waals surface area contributed by atoms with Gasteiger partial charge in [0, 0.05) is 33.4 Å². The molecule has 65 heavy (non-hydrogen) atoms. The largest absolute Gasteiger partial charge is 0.399 e. The Labute approximate surface area is 406 Å². The fourth-order valence-corrected chi connectivity index (χ4v) is 13.9. The van der Waals surface area contributed by atoms with Gasteiger partial charge in [0.1, 0.15) is 8.42 Å². The molecular formula is C40H34BrN7O8S9. The zero-order chi connectivity index (χ0) is 48.0. The molecule has 0 aliphatic carbocycles. The van der Waals surface area contributed by atoms with Crippen LogP contribution in [-0.4, -0.2) is 46.2 Å². The molecule has 0 amide bonds. The molecule has 25 heteroatoms. The second-order valence-corrected chi connectivity index (χ2v) is 27.5. The van der Waals surface area contributed by atoms with Crippen LogP contribution in [0.1, 0.15) is 4.88 Å². The van der Waals surface area contributed by atoms with Gasteiger partial charge >= 0.3 is 0 Å². The molecule has 0 aliphatic heterocycles. The standard InChI is InChI=1S/C12H10N2O4S3.C12H14N2O4S3.C11H8N2S2.C5H2BrNS/c1-13-11-7-8-12(19-11)21(17,18)10-5-3-9(4-6-10)14-20(2,15)16;1-20(15,16)14-9-2-5-11(6-3-9)21(17,18)12-7-4-10(8-13)19-12;1-13-10-6-7-11(15-10)14-9-4-2-8(12)3-5-9;1-7-5-3-2-4(6)8-5/h3-8,14H,2H3;2-7,14H,8,13H2,1H3;2-7H,12H2;2-3H. The lowest BCUT2D eigenvalue weighted by Crippen LogP contribution is -2.09. The van der Waals surface area contributed by atoms with Crippen LogP contribution in [0.25, 0.3) is 14.5 Å². The van der Waals surface area contributed by atoms with Gasteiger partial charge in [-0.3, -0.25) is 9.44 Å². The molecule has 3 aromatic carbocycles. The molecule has 7 aromatic rings. The van der Waals surface area contributed by atoms with E-state index in [1.54, 1.807) is 23.9 Å². The molecule has 6 N–H and O–H groups in total. The minimum atomic E-state index is -3.69. The number of thiophene rings is 4. The minimum Gasteiger partial charge on any atom is -0.399 e. The van der Waals surface area contributed by atoms with Gasteiger partial charge in [-0.1, -0.05) is 11.8 Å². The average molecular weight is 1110 g/mol. The maximum absolute atomic E-state index is 12.4. The second kappa shape index (κ2) is 23.4. The van der Waals surface area contributed by atoms with Crippen LogP contribution in [0.15, 0.2) is 152 Å². The first kappa shape index (κ1) is 52.5. The summed E-state index contributed by atoms with van der Waals surface area (Å²) in [5.74, 6) is 0. The van der Waals surface area contributed by atoms with Gasteiger partial charge in [0.25, 0.3) is 0 Å². The summed E-state index contributed by atoms with van der Waals surface area (Å²) in [5.41, 5.74) is 12.4. The Morgan fingerprint density at radius 1 is 0.554 bits per heavy atom. The van der Waals surface area contributed by atoms with Gasteiger partial charge in [0.05, 0.1) is 50.0 Å². The molecule has 4 heterocycles. The normalized spacial score (nSPS) is 11.1. The van der Waals surface area contributed by atoms with E-state index in [0.717, 1.165) is 68.6 Å². The highest BCUT2D eigenvalue weighted by molar-refractivity contribution is 9.11. The Morgan fingerprint density at radius 2 is 0.985 bits per heavy atom. The first-order valence-electron chi connectivity index (χ1n) is 17.6. The number of nitrogen functional groups attached to an aromatic ring is 1. The van der Waals surface area contributed by atoms with E-state index in [-0.39, 0.29) is 30.4 Å². The summed E-state index contributed by atoms with van der Waals surface area (Å²) in [5, 5.41) is 1.76. The second-order valence-electron chi connectivity index (χ2n) is 12.5. The van der Waals surface area contributed by atoms with E-state index >= 15 is 0 Å². The molecule has 4 aromatic heterocycles. The molecule has 0 saturated carbocycles. The van der Waals surface area contributed by atoms with Crippen LogP contribution in [0, 0.1) is 19.7 Å². The van der Waals surface area contributed by atoms with Crippen molar-refractivity contribution in [2.24, 2.45) is 5.73 Å². The van der Waals surface area contributed by atoms with Crippen LogP contribution in [0.3, 0.4) is 0 Å². The first-order chi connectivity index (χ1) is 30.5. The van der Waals surface area contributed by atoms with E-state index in [9.17, 15) is 33.7 Å². The minimum absolute atomic E-state index is 0.0416. The van der Waals surface area contributed by atoms with Crippen LogP contribution in [0.4, 0.5) is 32.1 Å². The summed E-state index contributed by atoms with van der Waals surface area (Å²) in [6.45, 7) is 20.6. The van der Waals surface area contributed by atoms with E-state index in [2.05, 4.69) is 39.9 Å². The summed E-state index contributed by atoms with van der Waals surface area (Å²) in [6, 6.07) is 32.2. The predicted octanol–water partition coefficient (Wildman–Crippen LogP) is 11.0. The first-order valence-corrected chi connectivity index (χ1v) is 29.2. The van der Waals surface area contributed by atoms with Crippen molar-refractivity contribution >= 4 is 145 Å². The third-order valence-corrected chi connectivity index (χ3v) is 18.9. The van der Waals surface area contributed by atoms with E-state index in [1.165, 1.54) is 89.4 Å². The molecule has 0 spiro atoms. The summed E-state index contributed by atoms with van der Waals surface area (Å²) < 4.78 is 101. The van der Waals surface area contributed by atoms with Crippen molar-refractivity contribution in [2.75, 3.05) is 27.7 Å². The lowest BCUT2D eigenvalue weighted by molar-refractivity contribution is 0.596. The highest BCUT2D eigenvalue weighted by Crippen LogP contribution is 2.37. The van der Waals surface area contributed by atoms with Gasteiger partial charge in [-0.15, -0.1) is 45.3 Å². The summed E-state index contributed by atoms with van der Waals surface area (Å²) in [7, 11) is -14.1. The van der Waals surface area contributed by atoms with Gasteiger partial charge in [-0.05, 0) is 137 Å². The van der Waals surface area contributed by atoms with Gasteiger partial charge in [0.15, 0.2) is 0 Å². The Balaban J connectivity index is 0.000000199. The molecule has 0 fully saturated rings. The van der Waals surface area contributed by atoms with E-state index in [1.807, 2.05) is 42.5 Å². The van der Waals surface area contributed by atoms with Gasteiger partial charge in [-0.25, -0.2) is 48.2 Å². The van der Waals surface area contributed by atoms with Crippen molar-refractivity contribution < 1.29 is 33.7 Å². The van der Waals surface area contributed by atoms with Crippen LogP contribution >= 0.6 is 73.0 Å². The number of sulfonamides is 2. The van der Waals surface area contributed by atoms with Crippen molar-refractivity contribution in [2.45, 2.75) is 33.9 Å². The topological polar surface area (TPSA) is 226 Å². The third-order valence-electron chi connectivity index (χ3n) is 7.43. The molecule has 0 atom stereocenters. The summed E-state index contributed by atoms with van der Waals surface area (Å²) in [4.78, 5) is 11.9. The number of anilines is 3. The predicted molar refractivity (Wildman–Crippen MR) is 267 cm³/mol. The molecule has 0 bridgehead atoms. The summed E-state index contributed by atoms with van der Waals surface area (Å²) in [6.07, 6.45) is 2.03. The van der Waals surface area contributed by atoms with Crippen molar-refractivity contribution in [1.29, 1.82) is 0 Å². The monoisotopic (exact) mass is 1110 g/mol. The molecule has 0 aliphatic rings. The highest BCUT2D eigenvalue weighted by atomic mass is 79.9. The zero-order valence-electron chi connectivity index (χ0n) is 33.6. The van der Waals surface area contributed by atoms with E-state index in [4.69, 9.17) is 31.2 Å². The van der Waals surface area contributed by atoms with Crippen LogP contribution < -0.4 is 20.9 Å². The highest BCUT2D eigenvalue weighted by Gasteiger charge is 2.21. The molecule has 7 rings (SSSR count). The van der Waals surface area contributed by atoms with Crippen LogP contribution in [-0.2, 0) is 46.3 Å². The number of halogens is 1. The molecule has 0 saturated heterocycles. The Morgan fingerprint density at radius 3 is 1.37 bits per heavy atom. The van der Waals surface area contributed by atoms with Crippen LogP contribution in [0.2, 0.25) is 0 Å². The third kappa shape index (κ3) is 16.7. The number of nitrogens with zero attached hydrogens (tertiary/aromatic N) is 3. The number of sulfone groups is 2. The average Bonchev–Trinajstić information content (AvgIpc) is 4.10. The van der Waals surface area contributed by atoms with E-state index in [0.29, 0.717) is 10.7 Å². The SMILES string of the molecule is CS(=O)(=O)Nc1ccc(S(=O)(=O)c2ccc(CN)s2)cc1.[C-]#[N+]c1ccc(Br)s1.[C-]#[N+]c1ccc(S(=O)(=O)c2ccc(NS(C)(=O)=O)cc2)s1.[C-]#[N+]c1ccc(Sc2ccc(N)cc2)s1. The fraction of sp³-hybridized carbons (Fsp3) is 0.0750. The number of nitrogens with two attached hydrogens (primary N) is 2. The number of rotatable bonds is 11. The molecule has 338 valence electrons. The Kier molecular flexibility index (Phi) is 18.9. The van der Waals surface area contributed by atoms with Gasteiger partial charge in [-0.2, -0.15) is 0 Å². The van der Waals surface area contributed by atoms with E-state index < -0.39 is 39.7 Å². The number of hydrogen-bond acceptors (Lipinski definition) is 15. The summed E-state index contributed by atoms with van der Waals surface area (Å²) >= 11 is 9.88. The zero-order valence-corrected chi connectivity index (χ0v) is 42.5. The lowest BCUT2D eigenvalue weighted by atomic mass is 10.3. The molecule has 15 nitrogen and oxygen atoms in total. The van der Waals surface area contributed by atoms with Crippen LogP contribution in [0.5, 0.6) is 0 Å². The van der Waals surface area contributed by atoms with Gasteiger partial charge in [0.2, 0.25) is 54.7 Å². The van der Waals surface area contributed by atoms with Crippen molar-refractivity contribution in [3.05, 3.63) is 164 Å². The molecule has 0 radical (unpaired) electrons. The quantitative estimate of drug-likeness (QED) is 0.0704. The van der Waals surface area contributed by atoms with Gasteiger partial charge < -0.3 is 11.5 Å². The lowest BCUT2D eigenvalue weighted by Gasteiger charge is -2.05. The number of hydrogen-bond donors (Lipinski definition) is 4. The Bertz CT molecular complexity index is 3310. The fourth-order valence-electron chi connectivity index (χ4n) is 4.63. The number of benzene rings is 3. The molecule has 0 unspecified atom stereocenters. The van der Waals surface area contributed by atoms with Crippen molar-refractivity contribution in [3.63, 3.8) is 0 Å².